The summed E-state index contributed by atoms with van der Waals surface area (Å²) in [5.41, 5.74) is 6.43. The molecule has 0 N–H and O–H groups in total. The standard InChI is InChI=1S/C16H24.C9H16.C2H6/c1-6-8-9-11-15(4)16(5)13-12-14(3)10-7-2;1-5-6-7-9(4)8(2)3;1-2/h6-12H,13H2,1-5H3;2,4-7H2,1,3H3;1-2H3/b8-6-,10-7-,11-9-,14-12-,16-15-;;. The zero-order chi connectivity index (χ0) is 21.7. The third-order valence-corrected chi connectivity index (χ3v) is 3.92. The lowest BCUT2D eigenvalue weighted by Gasteiger charge is -2.01. The first kappa shape index (κ1) is 29.9. The highest BCUT2D eigenvalue weighted by atomic mass is 14.0. The molecule has 0 heteroatoms. The fourth-order valence-corrected chi connectivity index (χ4v) is 1.86. The van der Waals surface area contributed by atoms with Crippen LogP contribution in [0.25, 0.3) is 0 Å². The Balaban J connectivity index is -0.000000444. The number of rotatable bonds is 9. The van der Waals surface area contributed by atoms with Gasteiger partial charge in [0.1, 0.15) is 0 Å². The molecule has 0 aromatic rings. The number of hydrogen-bond acceptors (Lipinski definition) is 0. The molecule has 0 aliphatic heterocycles. The average molecular weight is 371 g/mol. The molecule has 0 aromatic carbocycles. The summed E-state index contributed by atoms with van der Waals surface area (Å²) in [6, 6.07) is 0. The summed E-state index contributed by atoms with van der Waals surface area (Å²) < 4.78 is 0. The third kappa shape index (κ3) is 22.1. The van der Waals surface area contributed by atoms with Crippen LogP contribution in [-0.4, -0.2) is 0 Å². The molecule has 0 unspecified atom stereocenters. The van der Waals surface area contributed by atoms with Crippen LogP contribution in [0, 0.1) is 0 Å². The third-order valence-electron chi connectivity index (χ3n) is 3.92. The Labute approximate surface area is 171 Å². The molecule has 0 aliphatic carbocycles. The maximum absolute atomic E-state index is 3.89. The summed E-state index contributed by atoms with van der Waals surface area (Å²) in [4.78, 5) is 0. The highest BCUT2D eigenvalue weighted by Crippen LogP contribution is 2.12. The first-order valence-corrected chi connectivity index (χ1v) is 10.4. The van der Waals surface area contributed by atoms with Gasteiger partial charge in [0.05, 0.1) is 0 Å². The van der Waals surface area contributed by atoms with Gasteiger partial charge in [0.2, 0.25) is 0 Å². The van der Waals surface area contributed by atoms with Crippen LogP contribution >= 0.6 is 0 Å². The molecule has 0 rings (SSSR count). The summed E-state index contributed by atoms with van der Waals surface area (Å²) >= 11 is 0. The van der Waals surface area contributed by atoms with Crippen LogP contribution in [0.3, 0.4) is 0 Å². The molecule has 0 saturated heterocycles. The van der Waals surface area contributed by atoms with Crippen molar-refractivity contribution in [1.29, 1.82) is 0 Å². The van der Waals surface area contributed by atoms with Gasteiger partial charge in [-0.15, -0.1) is 0 Å². The van der Waals surface area contributed by atoms with E-state index in [9.17, 15) is 0 Å². The van der Waals surface area contributed by atoms with Crippen LogP contribution in [0.2, 0.25) is 0 Å². The van der Waals surface area contributed by atoms with Crippen LogP contribution in [0.1, 0.15) is 88.0 Å². The summed E-state index contributed by atoms with van der Waals surface area (Å²) in [5.74, 6) is 0. The minimum Gasteiger partial charge on any atom is -0.0959 e. The summed E-state index contributed by atoms with van der Waals surface area (Å²) in [5, 5.41) is 0. The SMILES string of the molecule is C=C(C)C(=C)CCCC.CC.C\C=C/C=C\C(C)=C(\C)C/C=C(C)\C=C/C. The molecule has 0 spiro atoms. The lowest BCUT2D eigenvalue weighted by Crippen LogP contribution is -1.80. The van der Waals surface area contributed by atoms with Crippen LogP contribution in [-0.2, 0) is 0 Å². The van der Waals surface area contributed by atoms with Crippen LogP contribution < -0.4 is 0 Å². The Hall–Kier alpha value is -1.82. The topological polar surface area (TPSA) is 0 Å². The van der Waals surface area contributed by atoms with Gasteiger partial charge in [-0.3, -0.25) is 0 Å². The molecular formula is C27H46. The van der Waals surface area contributed by atoms with Crippen molar-refractivity contribution in [3.05, 3.63) is 83.6 Å². The van der Waals surface area contributed by atoms with Gasteiger partial charge in [0.25, 0.3) is 0 Å². The Kier molecular flexibility index (Phi) is 24.6. The molecule has 154 valence electrons. The van der Waals surface area contributed by atoms with E-state index in [1.807, 2.05) is 40.7 Å². The molecule has 0 fully saturated rings. The zero-order valence-corrected chi connectivity index (χ0v) is 19.8. The zero-order valence-electron chi connectivity index (χ0n) is 19.8. The lowest BCUT2D eigenvalue weighted by molar-refractivity contribution is 0.793. The quantitative estimate of drug-likeness (QED) is 0.354. The second-order valence-electron chi connectivity index (χ2n) is 6.49. The maximum atomic E-state index is 3.89. The van der Waals surface area contributed by atoms with Crippen molar-refractivity contribution < 1.29 is 0 Å². The second-order valence-corrected chi connectivity index (χ2v) is 6.49. The first-order valence-electron chi connectivity index (χ1n) is 10.4. The number of allylic oxidation sites excluding steroid dienone is 12. The van der Waals surface area contributed by atoms with E-state index in [2.05, 4.69) is 77.3 Å². The second kappa shape index (κ2) is 22.2. The Morgan fingerprint density at radius 1 is 0.852 bits per heavy atom. The first-order chi connectivity index (χ1) is 12.8. The highest BCUT2D eigenvalue weighted by molar-refractivity contribution is 5.28. The Morgan fingerprint density at radius 3 is 1.89 bits per heavy atom. The monoisotopic (exact) mass is 370 g/mol. The van der Waals surface area contributed by atoms with E-state index in [0.717, 1.165) is 18.4 Å². The fraction of sp³-hybridized carbons (Fsp3) is 0.481. The Bertz CT molecular complexity index is 530. The number of hydrogen-bond donors (Lipinski definition) is 0. The molecule has 0 atom stereocenters. The largest absolute Gasteiger partial charge is 0.0959 e. The van der Waals surface area contributed by atoms with E-state index in [1.54, 1.807) is 0 Å². The fourth-order valence-electron chi connectivity index (χ4n) is 1.86. The van der Waals surface area contributed by atoms with Crippen molar-refractivity contribution in [2.75, 3.05) is 0 Å². The summed E-state index contributed by atoms with van der Waals surface area (Å²) in [6.07, 6.45) is 19.4. The Morgan fingerprint density at radius 2 is 1.44 bits per heavy atom. The van der Waals surface area contributed by atoms with E-state index in [-0.39, 0.29) is 0 Å². The van der Waals surface area contributed by atoms with Gasteiger partial charge in [-0.2, -0.15) is 0 Å². The molecule has 0 bridgehead atoms. The molecule has 0 aromatic heterocycles. The van der Waals surface area contributed by atoms with Crippen LogP contribution in [0.4, 0.5) is 0 Å². The van der Waals surface area contributed by atoms with Crippen molar-refractivity contribution in [1.82, 2.24) is 0 Å². The van der Waals surface area contributed by atoms with Crippen molar-refractivity contribution in [2.24, 2.45) is 0 Å². The lowest BCUT2D eigenvalue weighted by atomic mass is 10.1. The van der Waals surface area contributed by atoms with E-state index in [4.69, 9.17) is 0 Å². The van der Waals surface area contributed by atoms with E-state index >= 15 is 0 Å². The van der Waals surface area contributed by atoms with Gasteiger partial charge in [-0.05, 0) is 60.8 Å². The molecule has 0 radical (unpaired) electrons. The van der Waals surface area contributed by atoms with Gasteiger partial charge >= 0.3 is 0 Å². The van der Waals surface area contributed by atoms with Gasteiger partial charge in [-0.1, -0.05) is 111 Å². The van der Waals surface area contributed by atoms with Crippen LogP contribution in [0.15, 0.2) is 83.6 Å². The molecule has 0 aliphatic rings. The molecule has 0 nitrogen and oxygen atoms in total. The van der Waals surface area contributed by atoms with Crippen molar-refractivity contribution >= 4 is 0 Å². The maximum Gasteiger partial charge on any atom is -0.0130 e. The molecule has 0 heterocycles. The van der Waals surface area contributed by atoms with Gasteiger partial charge in [0.15, 0.2) is 0 Å². The molecular weight excluding hydrogens is 324 g/mol. The molecule has 27 heavy (non-hydrogen) atoms. The van der Waals surface area contributed by atoms with Gasteiger partial charge in [-0.25, -0.2) is 0 Å². The van der Waals surface area contributed by atoms with Gasteiger partial charge < -0.3 is 0 Å². The smallest absolute Gasteiger partial charge is 0.0130 e. The molecule has 0 amide bonds. The molecule has 0 saturated carbocycles. The normalized spacial score (nSPS) is 12.4. The number of unbranched alkanes of at least 4 members (excludes halogenated alkanes) is 1. The van der Waals surface area contributed by atoms with Crippen molar-refractivity contribution in [2.45, 2.75) is 88.0 Å². The minimum atomic E-state index is 1.03. The van der Waals surface area contributed by atoms with Crippen molar-refractivity contribution in [3.8, 4) is 0 Å². The minimum absolute atomic E-state index is 1.03. The summed E-state index contributed by atoms with van der Waals surface area (Å²) in [6.45, 7) is 26.5. The summed E-state index contributed by atoms with van der Waals surface area (Å²) in [7, 11) is 0. The predicted octanol–water partition coefficient (Wildman–Crippen LogP) is 9.70. The van der Waals surface area contributed by atoms with Crippen LogP contribution in [0.5, 0.6) is 0 Å². The average Bonchev–Trinajstić information content (AvgIpc) is 2.66. The predicted molar refractivity (Wildman–Crippen MR) is 130 cm³/mol. The van der Waals surface area contributed by atoms with E-state index in [0.29, 0.717) is 0 Å². The highest BCUT2D eigenvalue weighted by Gasteiger charge is 1.92. The van der Waals surface area contributed by atoms with E-state index in [1.165, 1.54) is 35.1 Å². The van der Waals surface area contributed by atoms with E-state index < -0.39 is 0 Å². The van der Waals surface area contributed by atoms with Gasteiger partial charge in [0, 0.05) is 0 Å². The van der Waals surface area contributed by atoms with Crippen molar-refractivity contribution in [3.63, 3.8) is 0 Å².